The van der Waals surface area contributed by atoms with Crippen LogP contribution in [0.2, 0.25) is 0 Å². The highest BCUT2D eigenvalue weighted by atomic mass is 19.4. The second kappa shape index (κ2) is 2.66. The summed E-state index contributed by atoms with van der Waals surface area (Å²) in [7, 11) is 0. The van der Waals surface area contributed by atoms with Crippen LogP contribution in [0.15, 0.2) is 0 Å². The van der Waals surface area contributed by atoms with Gasteiger partial charge < -0.3 is 0 Å². The largest absolute Gasteiger partial charge is 0.390 e. The van der Waals surface area contributed by atoms with E-state index in [9.17, 15) is 13.2 Å². The molecule has 1 unspecified atom stereocenters. The normalized spacial score (nSPS) is 31.1. The predicted molar refractivity (Wildman–Crippen MR) is 36.3 cm³/mol. The molecule has 1 heterocycles. The molecule has 1 nitrogen and oxygen atoms in total. The molecule has 1 fully saturated rings. The van der Waals surface area contributed by atoms with E-state index >= 15 is 0 Å². The Kier molecular flexibility index (Phi) is 2.14. The van der Waals surface area contributed by atoms with E-state index in [0.717, 1.165) is 0 Å². The first-order chi connectivity index (χ1) is 4.90. The van der Waals surface area contributed by atoms with Gasteiger partial charge in [-0.05, 0) is 13.8 Å². The van der Waals surface area contributed by atoms with Crippen LogP contribution in [0, 0.1) is 0 Å². The van der Waals surface area contributed by atoms with Crippen molar-refractivity contribution in [1.82, 2.24) is 4.90 Å². The third-order valence-corrected chi connectivity index (χ3v) is 1.89. The minimum Gasteiger partial charge on any atom is -0.295 e. The Morgan fingerprint density at radius 1 is 1.45 bits per heavy atom. The van der Waals surface area contributed by atoms with E-state index in [1.807, 2.05) is 18.7 Å². The van der Waals surface area contributed by atoms with Crippen molar-refractivity contribution in [3.05, 3.63) is 0 Å². The number of hydrogen-bond donors (Lipinski definition) is 0. The van der Waals surface area contributed by atoms with Gasteiger partial charge in [-0.2, -0.15) is 13.2 Å². The molecule has 11 heavy (non-hydrogen) atoms. The van der Waals surface area contributed by atoms with Gasteiger partial charge in [0.1, 0.15) is 0 Å². The molecule has 0 bridgehead atoms. The Morgan fingerprint density at radius 3 is 2.27 bits per heavy atom. The maximum atomic E-state index is 11.8. The zero-order valence-corrected chi connectivity index (χ0v) is 6.65. The van der Waals surface area contributed by atoms with Crippen molar-refractivity contribution in [3.8, 4) is 0 Å². The molecular weight excluding hydrogens is 155 g/mol. The van der Waals surface area contributed by atoms with Gasteiger partial charge in [-0.15, -0.1) is 0 Å². The number of nitrogens with zero attached hydrogens (tertiary/aromatic N) is 1. The molecule has 2 atom stereocenters. The van der Waals surface area contributed by atoms with Crippen LogP contribution in [-0.4, -0.2) is 29.7 Å². The molecular formula is C7H12F3N. The fraction of sp³-hybridized carbons (Fsp3) is 1.00. The van der Waals surface area contributed by atoms with Crippen molar-refractivity contribution < 1.29 is 13.2 Å². The van der Waals surface area contributed by atoms with Gasteiger partial charge in [0.15, 0.2) is 0 Å². The van der Waals surface area contributed by atoms with E-state index in [4.69, 9.17) is 0 Å². The molecule has 0 aromatic rings. The van der Waals surface area contributed by atoms with Gasteiger partial charge in [-0.3, -0.25) is 4.90 Å². The van der Waals surface area contributed by atoms with Gasteiger partial charge in [0.25, 0.3) is 0 Å². The molecule has 0 aromatic heterocycles. The van der Waals surface area contributed by atoms with Crippen molar-refractivity contribution in [2.24, 2.45) is 0 Å². The average molecular weight is 167 g/mol. The second-order valence-electron chi connectivity index (χ2n) is 3.26. The van der Waals surface area contributed by atoms with Crippen LogP contribution < -0.4 is 0 Å². The number of halogens is 3. The summed E-state index contributed by atoms with van der Waals surface area (Å²) < 4.78 is 35.3. The topological polar surface area (TPSA) is 3.01 Å². The van der Waals surface area contributed by atoms with Crippen LogP contribution >= 0.6 is 0 Å². The Bertz CT molecular complexity index is 141. The molecule has 1 rings (SSSR count). The minimum atomic E-state index is -3.99. The standard InChI is InChI=1S/C7H12F3N/c1-5(2)11-4-6(11)3-7(8,9)10/h5-6H,3-4H2,1-2H3/t6-,11?/m1/s1. The van der Waals surface area contributed by atoms with Gasteiger partial charge in [-0.1, -0.05) is 0 Å². The predicted octanol–water partition coefficient (Wildman–Crippen LogP) is 2.03. The van der Waals surface area contributed by atoms with Crippen molar-refractivity contribution in [1.29, 1.82) is 0 Å². The lowest BCUT2D eigenvalue weighted by molar-refractivity contribution is -0.136. The molecule has 0 amide bonds. The molecule has 1 aliphatic heterocycles. The molecule has 1 aliphatic rings. The molecule has 0 aromatic carbocycles. The van der Waals surface area contributed by atoms with Crippen LogP contribution in [0.25, 0.3) is 0 Å². The van der Waals surface area contributed by atoms with Crippen molar-refractivity contribution in [3.63, 3.8) is 0 Å². The highest BCUT2D eigenvalue weighted by Crippen LogP contribution is 2.32. The number of alkyl halides is 3. The smallest absolute Gasteiger partial charge is 0.295 e. The van der Waals surface area contributed by atoms with Crippen molar-refractivity contribution in [2.75, 3.05) is 6.54 Å². The van der Waals surface area contributed by atoms with E-state index < -0.39 is 12.6 Å². The highest BCUT2D eigenvalue weighted by Gasteiger charge is 2.44. The average Bonchev–Trinajstić information content (AvgIpc) is 2.40. The van der Waals surface area contributed by atoms with Gasteiger partial charge in [-0.25, -0.2) is 0 Å². The summed E-state index contributed by atoms with van der Waals surface area (Å²) in [5, 5.41) is 0. The quantitative estimate of drug-likeness (QED) is 0.569. The van der Waals surface area contributed by atoms with Gasteiger partial charge in [0, 0.05) is 18.6 Å². The Hall–Kier alpha value is -0.250. The monoisotopic (exact) mass is 167 g/mol. The lowest BCUT2D eigenvalue weighted by Gasteiger charge is -2.08. The first kappa shape index (κ1) is 8.84. The van der Waals surface area contributed by atoms with Crippen LogP contribution in [0.1, 0.15) is 20.3 Å². The third kappa shape index (κ3) is 2.69. The van der Waals surface area contributed by atoms with Gasteiger partial charge >= 0.3 is 6.18 Å². The molecule has 0 radical (unpaired) electrons. The maximum Gasteiger partial charge on any atom is 0.390 e. The maximum absolute atomic E-state index is 11.8. The van der Waals surface area contributed by atoms with E-state index in [1.165, 1.54) is 0 Å². The molecule has 4 heteroatoms. The van der Waals surface area contributed by atoms with E-state index in [1.54, 1.807) is 0 Å². The summed E-state index contributed by atoms with van der Waals surface area (Å²) >= 11 is 0. The fourth-order valence-corrected chi connectivity index (χ4v) is 1.28. The van der Waals surface area contributed by atoms with E-state index in [0.29, 0.717) is 6.54 Å². The molecule has 1 saturated heterocycles. The molecule has 0 N–H and O–H groups in total. The second-order valence-corrected chi connectivity index (χ2v) is 3.26. The van der Waals surface area contributed by atoms with Crippen LogP contribution in [0.5, 0.6) is 0 Å². The summed E-state index contributed by atoms with van der Waals surface area (Å²) in [5.74, 6) is 0. The Balaban J connectivity index is 2.24. The SMILES string of the molecule is CC(C)N1C[C@H]1CC(F)(F)F. The summed E-state index contributed by atoms with van der Waals surface area (Å²) in [4.78, 5) is 1.84. The summed E-state index contributed by atoms with van der Waals surface area (Å²) in [6, 6.07) is 0.0114. The number of rotatable bonds is 2. The Labute approximate surface area is 64.2 Å². The van der Waals surface area contributed by atoms with Crippen LogP contribution in [0.3, 0.4) is 0 Å². The molecule has 0 saturated carbocycles. The molecule has 0 spiro atoms. The lowest BCUT2D eigenvalue weighted by Crippen LogP contribution is -2.17. The summed E-state index contributed by atoms with van der Waals surface area (Å²) in [6.07, 6.45) is -4.64. The highest BCUT2D eigenvalue weighted by molar-refractivity contribution is 4.92. The van der Waals surface area contributed by atoms with E-state index in [-0.39, 0.29) is 12.1 Å². The summed E-state index contributed by atoms with van der Waals surface area (Å²) in [6.45, 7) is 4.43. The van der Waals surface area contributed by atoms with Crippen LogP contribution in [-0.2, 0) is 0 Å². The van der Waals surface area contributed by atoms with Gasteiger partial charge in [0.05, 0.1) is 6.42 Å². The van der Waals surface area contributed by atoms with E-state index in [2.05, 4.69) is 0 Å². The van der Waals surface area contributed by atoms with Gasteiger partial charge in [0.2, 0.25) is 0 Å². The minimum absolute atomic E-state index is 0.241. The van der Waals surface area contributed by atoms with Crippen LogP contribution in [0.4, 0.5) is 13.2 Å². The lowest BCUT2D eigenvalue weighted by atomic mass is 10.3. The first-order valence-corrected chi connectivity index (χ1v) is 3.72. The molecule has 66 valence electrons. The van der Waals surface area contributed by atoms with Crippen molar-refractivity contribution >= 4 is 0 Å². The number of hydrogen-bond acceptors (Lipinski definition) is 1. The molecule has 0 aliphatic carbocycles. The fourth-order valence-electron chi connectivity index (χ4n) is 1.28. The first-order valence-electron chi connectivity index (χ1n) is 3.72. The third-order valence-electron chi connectivity index (χ3n) is 1.89. The Morgan fingerprint density at radius 2 is 2.00 bits per heavy atom. The summed E-state index contributed by atoms with van der Waals surface area (Å²) in [5.41, 5.74) is 0. The zero-order chi connectivity index (χ0) is 8.65. The zero-order valence-electron chi connectivity index (χ0n) is 6.65. The van der Waals surface area contributed by atoms with Crippen molar-refractivity contribution in [2.45, 2.75) is 38.5 Å².